The summed E-state index contributed by atoms with van der Waals surface area (Å²) in [6.07, 6.45) is 0. The van der Waals surface area contributed by atoms with Crippen molar-refractivity contribution in [1.82, 2.24) is 20.4 Å². The Morgan fingerprint density at radius 1 is 1.14 bits per heavy atom. The maximum Gasteiger partial charge on any atom is 0.294 e. The van der Waals surface area contributed by atoms with Crippen LogP contribution in [0.15, 0.2) is 0 Å². The molecular formula is C15H30N4OS. The maximum atomic E-state index is 5.72. The van der Waals surface area contributed by atoms with Crippen LogP contribution in [0.1, 0.15) is 53.5 Å². The Kier molecular flexibility index (Phi) is 7.03. The topological polar surface area (TPSA) is 50.3 Å². The summed E-state index contributed by atoms with van der Waals surface area (Å²) in [5.41, 5.74) is 0.0850. The van der Waals surface area contributed by atoms with E-state index in [2.05, 4.69) is 68.9 Å². The second kappa shape index (κ2) is 8.06. The molecule has 21 heavy (non-hydrogen) atoms. The Balaban J connectivity index is 2.38. The number of nitrogens with zero attached hydrogens (tertiary/aromatic N) is 3. The van der Waals surface area contributed by atoms with Crippen LogP contribution in [0.4, 0.5) is 0 Å². The largest absolute Gasteiger partial charge is 0.468 e. The second-order valence-corrected chi connectivity index (χ2v) is 7.86. The van der Waals surface area contributed by atoms with Crippen LogP contribution < -0.4 is 10.1 Å². The second-order valence-electron chi connectivity index (χ2n) is 6.84. The lowest BCUT2D eigenvalue weighted by molar-refractivity contribution is 0.141. The lowest BCUT2D eigenvalue weighted by Gasteiger charge is -2.29. The minimum Gasteiger partial charge on any atom is -0.468 e. The molecule has 0 fully saturated rings. The molecule has 0 aliphatic rings. The third kappa shape index (κ3) is 7.20. The Hall–Kier alpha value is -0.720. The van der Waals surface area contributed by atoms with Crippen molar-refractivity contribution in [3.63, 3.8) is 0 Å². The van der Waals surface area contributed by atoms with Gasteiger partial charge in [-0.1, -0.05) is 11.3 Å². The van der Waals surface area contributed by atoms with Crippen LogP contribution in [0, 0.1) is 0 Å². The first-order valence-electron chi connectivity index (χ1n) is 7.65. The van der Waals surface area contributed by atoms with E-state index >= 15 is 0 Å². The Morgan fingerprint density at radius 2 is 1.76 bits per heavy atom. The Labute approximate surface area is 133 Å². The van der Waals surface area contributed by atoms with Crippen LogP contribution in [0.25, 0.3) is 0 Å². The van der Waals surface area contributed by atoms with Gasteiger partial charge < -0.3 is 10.1 Å². The van der Waals surface area contributed by atoms with E-state index in [9.17, 15) is 0 Å². The van der Waals surface area contributed by atoms with Crippen molar-refractivity contribution < 1.29 is 4.74 Å². The van der Waals surface area contributed by atoms with Gasteiger partial charge in [0.1, 0.15) is 11.6 Å². The summed E-state index contributed by atoms with van der Waals surface area (Å²) in [7, 11) is 0. The van der Waals surface area contributed by atoms with Gasteiger partial charge in [-0.05, 0) is 48.5 Å². The number of hydrogen-bond acceptors (Lipinski definition) is 6. The van der Waals surface area contributed by atoms with Gasteiger partial charge in [-0.15, -0.1) is 10.2 Å². The molecule has 0 aromatic carbocycles. The highest BCUT2D eigenvalue weighted by atomic mass is 32.1. The predicted molar refractivity (Wildman–Crippen MR) is 89.0 cm³/mol. The summed E-state index contributed by atoms with van der Waals surface area (Å²) in [5.74, 6) is 0. The van der Waals surface area contributed by atoms with Crippen LogP contribution in [-0.4, -0.2) is 45.9 Å². The standard InChI is InChI=1S/C15H30N4OS/c1-11(2)19(12(3)4)8-9-20-14-18-17-13(21-14)10-16-15(5,6)7/h11-12,16H,8-10H2,1-7H3. The summed E-state index contributed by atoms with van der Waals surface area (Å²) < 4.78 is 5.72. The van der Waals surface area contributed by atoms with E-state index in [1.807, 2.05) is 0 Å². The number of ether oxygens (including phenoxy) is 1. The van der Waals surface area contributed by atoms with Crippen LogP contribution >= 0.6 is 11.3 Å². The number of nitrogens with one attached hydrogen (secondary N) is 1. The molecule has 1 rings (SSSR count). The molecule has 0 atom stereocenters. The van der Waals surface area contributed by atoms with E-state index in [-0.39, 0.29) is 5.54 Å². The zero-order chi connectivity index (χ0) is 16.0. The molecule has 0 saturated heterocycles. The summed E-state index contributed by atoms with van der Waals surface area (Å²) in [6, 6.07) is 1.05. The molecule has 6 heteroatoms. The van der Waals surface area contributed by atoms with Crippen LogP contribution in [0.5, 0.6) is 5.19 Å². The molecule has 0 saturated carbocycles. The first-order chi connectivity index (χ1) is 9.69. The van der Waals surface area contributed by atoms with Gasteiger partial charge in [-0.25, -0.2) is 0 Å². The number of hydrogen-bond donors (Lipinski definition) is 1. The summed E-state index contributed by atoms with van der Waals surface area (Å²) in [6.45, 7) is 17.5. The van der Waals surface area contributed by atoms with E-state index < -0.39 is 0 Å². The van der Waals surface area contributed by atoms with E-state index in [1.165, 1.54) is 11.3 Å². The van der Waals surface area contributed by atoms with E-state index in [0.717, 1.165) is 18.1 Å². The van der Waals surface area contributed by atoms with Gasteiger partial charge in [0, 0.05) is 24.2 Å². The van der Waals surface area contributed by atoms with Gasteiger partial charge in [-0.2, -0.15) is 0 Å². The minimum atomic E-state index is 0.0850. The zero-order valence-electron chi connectivity index (χ0n) is 14.4. The van der Waals surface area contributed by atoms with Gasteiger partial charge in [0.05, 0.1) is 6.54 Å². The highest BCUT2D eigenvalue weighted by Crippen LogP contribution is 2.18. The van der Waals surface area contributed by atoms with Crippen molar-refractivity contribution in [3.05, 3.63) is 5.01 Å². The van der Waals surface area contributed by atoms with Crippen LogP contribution in [-0.2, 0) is 6.54 Å². The zero-order valence-corrected chi connectivity index (χ0v) is 15.3. The normalized spacial score (nSPS) is 12.7. The highest BCUT2D eigenvalue weighted by molar-refractivity contribution is 7.13. The Morgan fingerprint density at radius 3 is 2.29 bits per heavy atom. The van der Waals surface area contributed by atoms with Crippen molar-refractivity contribution >= 4 is 11.3 Å². The van der Waals surface area contributed by atoms with Crippen molar-refractivity contribution in [2.45, 2.75) is 72.6 Å². The van der Waals surface area contributed by atoms with E-state index in [0.29, 0.717) is 23.9 Å². The third-order valence-corrected chi connectivity index (χ3v) is 3.96. The van der Waals surface area contributed by atoms with Gasteiger partial charge in [0.2, 0.25) is 0 Å². The fraction of sp³-hybridized carbons (Fsp3) is 0.867. The molecule has 5 nitrogen and oxygen atoms in total. The summed E-state index contributed by atoms with van der Waals surface area (Å²) in [4.78, 5) is 2.41. The molecule has 0 unspecified atom stereocenters. The van der Waals surface area contributed by atoms with Crippen LogP contribution in [0.2, 0.25) is 0 Å². The molecule has 0 radical (unpaired) electrons. The lowest BCUT2D eigenvalue weighted by Crippen LogP contribution is -2.39. The number of rotatable bonds is 8. The molecule has 1 aromatic rings. The molecule has 122 valence electrons. The number of aromatic nitrogens is 2. The van der Waals surface area contributed by atoms with Crippen molar-refractivity contribution in [2.24, 2.45) is 0 Å². The van der Waals surface area contributed by atoms with E-state index in [4.69, 9.17) is 4.74 Å². The van der Waals surface area contributed by atoms with Crippen LogP contribution in [0.3, 0.4) is 0 Å². The monoisotopic (exact) mass is 314 g/mol. The molecule has 1 N–H and O–H groups in total. The Bertz CT molecular complexity index is 404. The van der Waals surface area contributed by atoms with Gasteiger partial charge in [0.25, 0.3) is 5.19 Å². The smallest absolute Gasteiger partial charge is 0.294 e. The molecule has 0 aliphatic heterocycles. The SMILES string of the molecule is CC(C)N(CCOc1nnc(CNC(C)(C)C)s1)C(C)C. The highest BCUT2D eigenvalue weighted by Gasteiger charge is 2.14. The molecule has 0 spiro atoms. The fourth-order valence-corrected chi connectivity index (χ4v) is 2.71. The van der Waals surface area contributed by atoms with Crippen molar-refractivity contribution in [2.75, 3.05) is 13.2 Å². The van der Waals surface area contributed by atoms with Gasteiger partial charge >= 0.3 is 0 Å². The first kappa shape index (κ1) is 18.3. The molecule has 1 heterocycles. The third-order valence-electron chi connectivity index (χ3n) is 3.12. The average molecular weight is 314 g/mol. The lowest BCUT2D eigenvalue weighted by atomic mass is 10.1. The van der Waals surface area contributed by atoms with Crippen molar-refractivity contribution in [3.8, 4) is 5.19 Å². The maximum absolute atomic E-state index is 5.72. The first-order valence-corrected chi connectivity index (χ1v) is 8.46. The molecule has 0 bridgehead atoms. The predicted octanol–water partition coefficient (Wildman–Crippen LogP) is 2.92. The molecule has 0 aliphatic carbocycles. The fourth-order valence-electron chi connectivity index (χ4n) is 2.06. The molecule has 0 amide bonds. The molecular weight excluding hydrogens is 284 g/mol. The van der Waals surface area contributed by atoms with E-state index in [1.54, 1.807) is 0 Å². The van der Waals surface area contributed by atoms with Gasteiger partial charge in [-0.3, -0.25) is 4.90 Å². The minimum absolute atomic E-state index is 0.0850. The summed E-state index contributed by atoms with van der Waals surface area (Å²) in [5, 5.41) is 13.3. The summed E-state index contributed by atoms with van der Waals surface area (Å²) >= 11 is 1.52. The molecule has 1 aromatic heterocycles. The average Bonchev–Trinajstić information content (AvgIpc) is 2.78. The van der Waals surface area contributed by atoms with Gasteiger partial charge in [0.15, 0.2) is 0 Å². The van der Waals surface area contributed by atoms with Crippen molar-refractivity contribution in [1.29, 1.82) is 0 Å². The quantitative estimate of drug-likeness (QED) is 0.799.